The summed E-state index contributed by atoms with van der Waals surface area (Å²) in [6.07, 6.45) is 10.3. The van der Waals surface area contributed by atoms with Gasteiger partial charge >= 0.3 is 0 Å². The van der Waals surface area contributed by atoms with E-state index in [1.54, 1.807) is 20.0 Å². The second-order valence-electron chi connectivity index (χ2n) is 10.6. The summed E-state index contributed by atoms with van der Waals surface area (Å²) in [5.74, 6) is -0.000869. The Morgan fingerprint density at radius 2 is 1.64 bits per heavy atom. The van der Waals surface area contributed by atoms with Crippen LogP contribution in [0.25, 0.3) is 0 Å². The molecule has 8 nitrogen and oxygen atoms in total. The van der Waals surface area contributed by atoms with Crippen LogP contribution >= 0.6 is 0 Å². The molecular formula is C34H56N4O4. The van der Waals surface area contributed by atoms with Crippen LogP contribution in [0.5, 0.6) is 0 Å². The molecule has 0 radical (unpaired) electrons. The second-order valence-corrected chi connectivity index (χ2v) is 10.6. The van der Waals surface area contributed by atoms with Gasteiger partial charge in [0.05, 0.1) is 24.9 Å². The van der Waals surface area contributed by atoms with Crippen molar-refractivity contribution >= 4 is 17.7 Å². The lowest BCUT2D eigenvalue weighted by molar-refractivity contribution is -0.136. The molecule has 8 heteroatoms. The van der Waals surface area contributed by atoms with Gasteiger partial charge in [0, 0.05) is 20.1 Å². The molecular weight excluding hydrogens is 528 g/mol. The van der Waals surface area contributed by atoms with E-state index >= 15 is 0 Å². The third kappa shape index (κ3) is 18.1. The average molecular weight is 585 g/mol. The molecule has 2 rings (SSSR count). The van der Waals surface area contributed by atoms with Gasteiger partial charge < -0.3 is 25.6 Å². The molecule has 0 spiro atoms. The van der Waals surface area contributed by atoms with Crippen LogP contribution < -0.4 is 16.0 Å². The van der Waals surface area contributed by atoms with Crippen molar-refractivity contribution in [2.75, 3.05) is 33.2 Å². The van der Waals surface area contributed by atoms with Crippen LogP contribution in [-0.4, -0.2) is 68.0 Å². The van der Waals surface area contributed by atoms with E-state index in [1.165, 1.54) is 22.4 Å². The van der Waals surface area contributed by atoms with Crippen molar-refractivity contribution in [1.29, 1.82) is 0 Å². The number of carbonyl (C=O) groups is 3. The molecule has 0 fully saturated rings. The normalized spacial score (nSPS) is 21.6. The van der Waals surface area contributed by atoms with Gasteiger partial charge in [-0.2, -0.15) is 0 Å². The summed E-state index contributed by atoms with van der Waals surface area (Å²) in [5, 5.41) is 8.50. The van der Waals surface area contributed by atoms with Crippen molar-refractivity contribution in [2.45, 2.75) is 92.7 Å². The van der Waals surface area contributed by atoms with E-state index in [0.29, 0.717) is 13.1 Å². The van der Waals surface area contributed by atoms with E-state index in [0.717, 1.165) is 37.0 Å². The Labute approximate surface area is 255 Å². The molecule has 1 heterocycles. The lowest BCUT2D eigenvalue weighted by Gasteiger charge is -2.24. The maximum atomic E-state index is 12.5. The Morgan fingerprint density at radius 3 is 2.24 bits per heavy atom. The van der Waals surface area contributed by atoms with Crippen LogP contribution in [0.15, 0.2) is 60.4 Å². The summed E-state index contributed by atoms with van der Waals surface area (Å²) in [5.41, 5.74) is 3.83. The molecule has 1 aliphatic heterocycles. The molecule has 1 aromatic carbocycles. The quantitative estimate of drug-likeness (QED) is 0.423. The fourth-order valence-corrected chi connectivity index (χ4v) is 3.82. The van der Waals surface area contributed by atoms with Crippen LogP contribution in [0.1, 0.15) is 78.4 Å². The van der Waals surface area contributed by atoms with Crippen LogP contribution in [0.4, 0.5) is 0 Å². The molecule has 1 aromatic rings. The number of nitrogens with one attached hydrogen (secondary N) is 3. The molecule has 42 heavy (non-hydrogen) atoms. The maximum Gasteiger partial charge on any atom is 0.240 e. The highest BCUT2D eigenvalue weighted by Gasteiger charge is 2.20. The van der Waals surface area contributed by atoms with Crippen LogP contribution in [0.2, 0.25) is 0 Å². The molecule has 0 aliphatic carbocycles. The zero-order chi connectivity index (χ0) is 31.9. The van der Waals surface area contributed by atoms with Gasteiger partial charge in [-0.3, -0.25) is 14.4 Å². The number of hydrogen-bond donors (Lipinski definition) is 3. The predicted molar refractivity (Wildman–Crippen MR) is 174 cm³/mol. The SMILES string of the molecule is C=C/C=C\C1=C(/C)O[C@H](C)CN[C@@H](C)C(=O)N(C)CC(=O)NCC(=O)NCCCC1.CCC.CCc1ccc(C)cc1. The average Bonchev–Trinajstić information content (AvgIpc) is 2.96. The largest absolute Gasteiger partial charge is 0.494 e. The van der Waals surface area contributed by atoms with E-state index in [4.69, 9.17) is 4.74 Å². The highest BCUT2D eigenvalue weighted by Crippen LogP contribution is 2.17. The topological polar surface area (TPSA) is 99.8 Å². The molecule has 2 atom stereocenters. The van der Waals surface area contributed by atoms with Crippen molar-refractivity contribution < 1.29 is 19.1 Å². The minimum Gasteiger partial charge on any atom is -0.494 e. The summed E-state index contributed by atoms with van der Waals surface area (Å²) in [6.45, 7) is 18.7. The fourth-order valence-electron chi connectivity index (χ4n) is 3.82. The van der Waals surface area contributed by atoms with E-state index in [9.17, 15) is 14.4 Å². The number of likely N-dealkylation sites (N-methyl/N-ethyl adjacent to an activating group) is 1. The highest BCUT2D eigenvalue weighted by atomic mass is 16.5. The fraction of sp³-hybridized carbons (Fsp3) is 0.559. The van der Waals surface area contributed by atoms with Crippen molar-refractivity contribution in [3.8, 4) is 0 Å². The number of carbonyl (C=O) groups excluding carboxylic acids is 3. The van der Waals surface area contributed by atoms with Crippen molar-refractivity contribution in [3.05, 3.63) is 71.5 Å². The van der Waals surface area contributed by atoms with Crippen LogP contribution in [0.3, 0.4) is 0 Å². The van der Waals surface area contributed by atoms with Gasteiger partial charge in [-0.25, -0.2) is 0 Å². The Balaban J connectivity index is 0.00000116. The Kier molecular flexibility index (Phi) is 21.3. The molecule has 3 N–H and O–H groups in total. The predicted octanol–water partition coefficient (Wildman–Crippen LogP) is 5.23. The number of hydrogen-bond acceptors (Lipinski definition) is 5. The van der Waals surface area contributed by atoms with Gasteiger partial charge in [-0.15, -0.1) is 0 Å². The summed E-state index contributed by atoms with van der Waals surface area (Å²) in [7, 11) is 1.56. The molecule has 236 valence electrons. The number of allylic oxidation sites excluding steroid dienone is 5. The first-order chi connectivity index (χ1) is 20.0. The number of benzene rings is 1. The molecule has 0 unspecified atom stereocenters. The number of nitrogens with zero attached hydrogens (tertiary/aromatic N) is 1. The van der Waals surface area contributed by atoms with E-state index in [2.05, 4.69) is 74.5 Å². The van der Waals surface area contributed by atoms with Gasteiger partial charge in [-0.05, 0) is 64.5 Å². The first-order valence-corrected chi connectivity index (χ1v) is 15.2. The molecule has 0 bridgehead atoms. The summed E-state index contributed by atoms with van der Waals surface area (Å²) in [4.78, 5) is 37.7. The molecule has 0 saturated heterocycles. The lowest BCUT2D eigenvalue weighted by atomic mass is 10.1. The third-order valence-electron chi connectivity index (χ3n) is 6.27. The molecule has 3 amide bonds. The van der Waals surface area contributed by atoms with Crippen molar-refractivity contribution in [3.63, 3.8) is 0 Å². The monoisotopic (exact) mass is 584 g/mol. The van der Waals surface area contributed by atoms with E-state index < -0.39 is 6.04 Å². The van der Waals surface area contributed by atoms with Gasteiger partial charge in [0.2, 0.25) is 17.7 Å². The zero-order valence-corrected chi connectivity index (χ0v) is 27.3. The van der Waals surface area contributed by atoms with Gasteiger partial charge in [0.1, 0.15) is 6.10 Å². The Morgan fingerprint density at radius 1 is 1.00 bits per heavy atom. The summed E-state index contributed by atoms with van der Waals surface area (Å²) in [6, 6.07) is 8.19. The number of aryl methyl sites for hydroxylation is 2. The van der Waals surface area contributed by atoms with Gasteiger partial charge in [0.15, 0.2) is 0 Å². The van der Waals surface area contributed by atoms with E-state index in [1.807, 2.05) is 26.0 Å². The Hall–Kier alpha value is -3.39. The maximum absolute atomic E-state index is 12.5. The molecule has 1 aliphatic rings. The van der Waals surface area contributed by atoms with Gasteiger partial charge in [0.25, 0.3) is 0 Å². The third-order valence-corrected chi connectivity index (χ3v) is 6.27. The minimum atomic E-state index is -0.469. The molecule has 0 saturated carbocycles. The summed E-state index contributed by atoms with van der Waals surface area (Å²) >= 11 is 0. The van der Waals surface area contributed by atoms with E-state index in [-0.39, 0.29) is 36.9 Å². The van der Waals surface area contributed by atoms with Gasteiger partial charge in [-0.1, -0.05) is 81.8 Å². The minimum absolute atomic E-state index is 0.105. The number of amides is 3. The van der Waals surface area contributed by atoms with Crippen LogP contribution in [0, 0.1) is 6.92 Å². The zero-order valence-electron chi connectivity index (χ0n) is 27.3. The first-order valence-electron chi connectivity index (χ1n) is 15.2. The lowest BCUT2D eigenvalue weighted by Crippen LogP contribution is -2.48. The Bertz CT molecular complexity index is 1000. The second kappa shape index (κ2) is 23.2. The number of ether oxygens (including phenoxy) is 1. The van der Waals surface area contributed by atoms with Crippen molar-refractivity contribution in [1.82, 2.24) is 20.9 Å². The standard InChI is InChI=1S/C22H36N4O4.C9H12.C3H8/c1-6-7-10-19-11-8-9-12-23-20(27)14-25-21(28)15-26(5)22(29)17(3)24-13-16(2)30-18(19)4;1-3-9-6-4-8(2)5-7-9;1-3-2/h6-7,10,16-17,24H,1,8-9,11-15H2,2-5H3,(H,23,27)(H,25,28);4-7H,3H2,1-2H3;3H2,1-2H3/b10-7-,19-18-;;/t16-,17+;;/m1../s1. The van der Waals surface area contributed by atoms with Crippen molar-refractivity contribution in [2.24, 2.45) is 0 Å². The summed E-state index contributed by atoms with van der Waals surface area (Å²) < 4.78 is 6.04. The highest BCUT2D eigenvalue weighted by molar-refractivity contribution is 5.89. The molecule has 0 aromatic heterocycles. The van der Waals surface area contributed by atoms with Crippen LogP contribution in [-0.2, 0) is 25.5 Å². The smallest absolute Gasteiger partial charge is 0.240 e. The number of rotatable bonds is 3. The first kappa shape index (κ1) is 38.6.